The Bertz CT molecular complexity index is 1300. The first kappa shape index (κ1) is 21.4. The van der Waals surface area contributed by atoms with Gasteiger partial charge in [0.1, 0.15) is 18.5 Å². The number of thiophene rings is 1. The summed E-state index contributed by atoms with van der Waals surface area (Å²) in [6, 6.07) is 9.03. The van der Waals surface area contributed by atoms with Gasteiger partial charge >= 0.3 is 5.97 Å². The number of methoxy groups -OCH3 is 1. The van der Waals surface area contributed by atoms with E-state index in [0.717, 1.165) is 4.88 Å². The standard InChI is InChI=1S/C22H19FN2O4S2/c1-13-18(21(27)29-10-9-28-2)19(16-4-3-11-30-16)25-20(26)17(31-22(25)24-13)12-14-5-7-15(23)8-6-14/h3-8,11-12,19H,9-10H2,1-2H3/b17-12+. The molecule has 4 rings (SSSR count). The lowest BCUT2D eigenvalue weighted by Gasteiger charge is -2.23. The molecule has 31 heavy (non-hydrogen) atoms. The van der Waals surface area contributed by atoms with Crippen LogP contribution in [0.3, 0.4) is 0 Å². The monoisotopic (exact) mass is 458 g/mol. The van der Waals surface area contributed by atoms with Crippen LogP contribution in [0.1, 0.15) is 23.4 Å². The molecule has 9 heteroatoms. The number of hydrogen-bond donors (Lipinski definition) is 0. The molecule has 160 valence electrons. The van der Waals surface area contributed by atoms with Gasteiger partial charge in [0, 0.05) is 12.0 Å². The van der Waals surface area contributed by atoms with Crippen molar-refractivity contribution in [3.63, 3.8) is 0 Å². The molecule has 1 atom stereocenters. The molecule has 1 unspecified atom stereocenters. The van der Waals surface area contributed by atoms with Crippen LogP contribution in [-0.4, -0.2) is 30.9 Å². The van der Waals surface area contributed by atoms with Gasteiger partial charge in [-0.2, -0.15) is 0 Å². The van der Waals surface area contributed by atoms with Gasteiger partial charge in [-0.05, 0) is 42.1 Å². The predicted octanol–water partition coefficient (Wildman–Crippen LogP) is 2.63. The van der Waals surface area contributed by atoms with E-state index >= 15 is 0 Å². The molecule has 0 spiro atoms. The second-order valence-electron chi connectivity index (χ2n) is 6.78. The number of rotatable bonds is 6. The molecule has 3 heterocycles. The first-order valence-corrected chi connectivity index (χ1v) is 11.2. The number of esters is 1. The van der Waals surface area contributed by atoms with Crippen LogP contribution in [0, 0.1) is 5.82 Å². The molecule has 0 amide bonds. The molecule has 1 aliphatic rings. The van der Waals surface area contributed by atoms with E-state index in [4.69, 9.17) is 9.47 Å². The molecule has 0 saturated heterocycles. The lowest BCUT2D eigenvalue weighted by atomic mass is 10.0. The number of aromatic nitrogens is 1. The van der Waals surface area contributed by atoms with Gasteiger partial charge in [-0.1, -0.05) is 29.5 Å². The number of ether oxygens (including phenoxy) is 2. The summed E-state index contributed by atoms with van der Waals surface area (Å²) in [4.78, 5) is 32.1. The maximum absolute atomic E-state index is 13.3. The molecule has 3 aromatic rings. The van der Waals surface area contributed by atoms with E-state index in [2.05, 4.69) is 4.99 Å². The maximum Gasteiger partial charge on any atom is 0.338 e. The van der Waals surface area contributed by atoms with Gasteiger partial charge in [-0.3, -0.25) is 9.36 Å². The van der Waals surface area contributed by atoms with Crippen LogP contribution in [0.2, 0.25) is 0 Å². The molecule has 1 aromatic carbocycles. The van der Waals surface area contributed by atoms with Gasteiger partial charge in [-0.15, -0.1) is 11.3 Å². The lowest BCUT2D eigenvalue weighted by Crippen LogP contribution is -2.39. The zero-order valence-electron chi connectivity index (χ0n) is 16.8. The zero-order valence-corrected chi connectivity index (χ0v) is 18.5. The molecular formula is C22H19FN2O4S2. The number of hydrogen-bond acceptors (Lipinski definition) is 7. The molecule has 0 N–H and O–H groups in total. The van der Waals surface area contributed by atoms with Crippen LogP contribution in [-0.2, 0) is 14.3 Å². The second kappa shape index (κ2) is 9.09. The predicted molar refractivity (Wildman–Crippen MR) is 117 cm³/mol. The van der Waals surface area contributed by atoms with E-state index < -0.39 is 12.0 Å². The van der Waals surface area contributed by atoms with Crippen LogP contribution in [0.15, 0.2) is 62.8 Å². The number of thiazole rings is 1. The summed E-state index contributed by atoms with van der Waals surface area (Å²) in [5, 5.41) is 1.90. The van der Waals surface area contributed by atoms with Crippen LogP contribution in [0.25, 0.3) is 6.08 Å². The molecule has 0 fully saturated rings. The molecule has 1 aliphatic heterocycles. The van der Waals surface area contributed by atoms with Crippen molar-refractivity contribution in [2.24, 2.45) is 4.99 Å². The maximum atomic E-state index is 13.3. The Morgan fingerprint density at radius 1 is 1.26 bits per heavy atom. The third-order valence-corrected chi connectivity index (χ3v) is 6.65. The van der Waals surface area contributed by atoms with E-state index in [1.54, 1.807) is 25.1 Å². The van der Waals surface area contributed by atoms with Crippen molar-refractivity contribution in [3.8, 4) is 0 Å². The van der Waals surface area contributed by atoms with Crippen LogP contribution < -0.4 is 14.9 Å². The highest BCUT2D eigenvalue weighted by atomic mass is 32.1. The summed E-state index contributed by atoms with van der Waals surface area (Å²) < 4.78 is 25.5. The van der Waals surface area contributed by atoms with Crippen molar-refractivity contribution < 1.29 is 18.7 Å². The number of fused-ring (bicyclic) bond motifs is 1. The number of carbonyl (C=O) groups excluding carboxylic acids is 1. The fraction of sp³-hybridized carbons (Fsp3) is 0.227. The van der Waals surface area contributed by atoms with E-state index in [1.807, 2.05) is 17.5 Å². The average Bonchev–Trinajstić information content (AvgIpc) is 3.38. The fourth-order valence-corrected chi connectivity index (χ4v) is 5.17. The van der Waals surface area contributed by atoms with Crippen LogP contribution >= 0.6 is 22.7 Å². The minimum Gasteiger partial charge on any atom is -0.460 e. The minimum atomic E-state index is -0.623. The van der Waals surface area contributed by atoms with Crippen molar-refractivity contribution in [1.82, 2.24) is 4.57 Å². The van der Waals surface area contributed by atoms with Crippen LogP contribution in [0.5, 0.6) is 0 Å². The number of halogens is 1. The number of nitrogens with zero attached hydrogens (tertiary/aromatic N) is 2. The highest BCUT2D eigenvalue weighted by Crippen LogP contribution is 2.33. The SMILES string of the molecule is COCCOC(=O)C1=C(C)N=c2s/c(=C/c3ccc(F)cc3)c(=O)n2C1c1cccs1. The summed E-state index contributed by atoms with van der Waals surface area (Å²) in [6.07, 6.45) is 1.70. The van der Waals surface area contributed by atoms with E-state index in [1.165, 1.54) is 46.5 Å². The Labute approximate surface area is 185 Å². The molecule has 0 saturated carbocycles. The fourth-order valence-electron chi connectivity index (χ4n) is 3.30. The molecule has 2 aromatic heterocycles. The Hall–Kier alpha value is -2.88. The van der Waals surface area contributed by atoms with E-state index in [0.29, 0.717) is 26.2 Å². The summed E-state index contributed by atoms with van der Waals surface area (Å²) in [5.41, 5.74) is 1.28. The van der Waals surface area contributed by atoms with E-state index in [9.17, 15) is 14.0 Å². The van der Waals surface area contributed by atoms with Crippen molar-refractivity contribution in [1.29, 1.82) is 0 Å². The molecule has 0 aliphatic carbocycles. The molecule has 6 nitrogen and oxygen atoms in total. The van der Waals surface area contributed by atoms with Gasteiger partial charge in [0.25, 0.3) is 5.56 Å². The second-order valence-corrected chi connectivity index (χ2v) is 8.77. The zero-order chi connectivity index (χ0) is 22.0. The first-order valence-electron chi connectivity index (χ1n) is 9.47. The van der Waals surface area contributed by atoms with Crippen molar-refractivity contribution in [2.75, 3.05) is 20.3 Å². The van der Waals surface area contributed by atoms with Crippen molar-refractivity contribution in [2.45, 2.75) is 13.0 Å². The summed E-state index contributed by atoms with van der Waals surface area (Å²) in [5.74, 6) is -0.868. The Balaban J connectivity index is 1.84. The van der Waals surface area contributed by atoms with Crippen LogP contribution in [0.4, 0.5) is 4.39 Å². The highest BCUT2D eigenvalue weighted by molar-refractivity contribution is 7.10. The quantitative estimate of drug-likeness (QED) is 0.421. The smallest absolute Gasteiger partial charge is 0.338 e. The Kier molecular flexibility index (Phi) is 6.26. The number of carbonyl (C=O) groups is 1. The Morgan fingerprint density at radius 2 is 2.03 bits per heavy atom. The number of benzene rings is 1. The van der Waals surface area contributed by atoms with Gasteiger partial charge in [0.05, 0.1) is 22.4 Å². The van der Waals surface area contributed by atoms with Gasteiger partial charge in [0.2, 0.25) is 0 Å². The van der Waals surface area contributed by atoms with Crippen molar-refractivity contribution in [3.05, 3.63) is 89.0 Å². The summed E-state index contributed by atoms with van der Waals surface area (Å²) in [7, 11) is 1.53. The van der Waals surface area contributed by atoms with Gasteiger partial charge < -0.3 is 9.47 Å². The Morgan fingerprint density at radius 3 is 2.71 bits per heavy atom. The molecular weight excluding hydrogens is 439 g/mol. The largest absolute Gasteiger partial charge is 0.460 e. The highest BCUT2D eigenvalue weighted by Gasteiger charge is 2.33. The van der Waals surface area contributed by atoms with Gasteiger partial charge in [-0.25, -0.2) is 14.2 Å². The minimum absolute atomic E-state index is 0.109. The topological polar surface area (TPSA) is 69.9 Å². The van der Waals surface area contributed by atoms with E-state index in [-0.39, 0.29) is 24.6 Å². The third-order valence-electron chi connectivity index (χ3n) is 4.74. The summed E-state index contributed by atoms with van der Waals surface area (Å²) >= 11 is 2.69. The first-order chi connectivity index (χ1) is 15.0. The normalized spacial score (nSPS) is 16.2. The average molecular weight is 459 g/mol. The number of allylic oxidation sites excluding steroid dienone is 1. The van der Waals surface area contributed by atoms with Gasteiger partial charge in [0.15, 0.2) is 4.80 Å². The third kappa shape index (κ3) is 4.30. The van der Waals surface area contributed by atoms with Crippen molar-refractivity contribution >= 4 is 34.7 Å². The summed E-state index contributed by atoms with van der Waals surface area (Å²) in [6.45, 7) is 2.13. The molecule has 0 radical (unpaired) electrons. The lowest BCUT2D eigenvalue weighted by molar-refractivity contribution is -0.140. The molecule has 0 bridgehead atoms.